The molecule has 0 aromatic carbocycles. The second-order valence-corrected chi connectivity index (χ2v) is 3.40. The van der Waals surface area contributed by atoms with Crippen LogP contribution in [0.4, 0.5) is 0 Å². The van der Waals surface area contributed by atoms with Crippen LogP contribution in [0, 0.1) is 0 Å². The molecule has 0 aromatic rings. The number of hydrogen-bond donors (Lipinski definition) is 0. The van der Waals surface area contributed by atoms with Gasteiger partial charge in [0.2, 0.25) is 0 Å². The molecule has 84 valence electrons. The van der Waals surface area contributed by atoms with E-state index in [1.807, 2.05) is 0 Å². The molecular formula is C11H21ClO2. The van der Waals surface area contributed by atoms with Crippen LogP contribution in [-0.2, 0) is 9.47 Å². The first-order chi connectivity index (χ1) is 6.91. The molecule has 0 atom stereocenters. The smallest absolute Gasteiger partial charge is 0.146 e. The zero-order valence-electron chi connectivity index (χ0n) is 9.01. The molecule has 14 heavy (non-hydrogen) atoms. The van der Waals surface area contributed by atoms with Crippen LogP contribution >= 0.6 is 11.6 Å². The van der Waals surface area contributed by atoms with Crippen LogP contribution in [0.25, 0.3) is 0 Å². The highest BCUT2D eigenvalue weighted by molar-refractivity contribution is 6.17. The van der Waals surface area contributed by atoms with E-state index >= 15 is 0 Å². The van der Waals surface area contributed by atoms with Crippen molar-refractivity contribution in [2.75, 3.05) is 25.9 Å². The van der Waals surface area contributed by atoms with Gasteiger partial charge in [-0.05, 0) is 19.3 Å². The Balaban J connectivity index is 2.91. The van der Waals surface area contributed by atoms with Gasteiger partial charge in [0.25, 0.3) is 0 Å². The van der Waals surface area contributed by atoms with Crippen molar-refractivity contribution in [1.82, 2.24) is 0 Å². The maximum Gasteiger partial charge on any atom is 0.146 e. The third kappa shape index (κ3) is 11.9. The summed E-state index contributed by atoms with van der Waals surface area (Å²) in [7, 11) is 0. The largest absolute Gasteiger partial charge is 0.355 e. The molecule has 0 aliphatic rings. The summed E-state index contributed by atoms with van der Waals surface area (Å²) >= 11 is 5.51. The fourth-order valence-electron chi connectivity index (χ4n) is 0.873. The Kier molecular flexibility index (Phi) is 12.9. The van der Waals surface area contributed by atoms with Gasteiger partial charge in [-0.15, -0.1) is 11.6 Å². The van der Waals surface area contributed by atoms with Gasteiger partial charge in [-0.3, -0.25) is 0 Å². The minimum absolute atomic E-state index is 0.420. The summed E-state index contributed by atoms with van der Waals surface area (Å²) < 4.78 is 10.5. The van der Waals surface area contributed by atoms with Crippen LogP contribution in [0.15, 0.2) is 12.2 Å². The summed E-state index contributed by atoms with van der Waals surface area (Å²) in [6.45, 7) is 4.10. The monoisotopic (exact) mass is 220 g/mol. The minimum atomic E-state index is 0.420. The highest BCUT2D eigenvalue weighted by atomic mass is 35.5. The van der Waals surface area contributed by atoms with E-state index < -0.39 is 0 Å². The van der Waals surface area contributed by atoms with Crippen LogP contribution in [-0.4, -0.2) is 25.9 Å². The molecule has 0 rings (SSSR count). The number of ether oxygens (including phenoxy) is 2. The molecule has 0 bridgehead atoms. The van der Waals surface area contributed by atoms with Crippen molar-refractivity contribution < 1.29 is 9.47 Å². The molecule has 0 spiro atoms. The van der Waals surface area contributed by atoms with E-state index in [1.165, 1.54) is 6.42 Å². The Hall–Kier alpha value is -0.0500. The molecule has 0 aromatic heterocycles. The fraction of sp³-hybridized carbons (Fsp3) is 0.818. The quantitative estimate of drug-likeness (QED) is 0.243. The van der Waals surface area contributed by atoms with Crippen LogP contribution < -0.4 is 0 Å². The highest BCUT2D eigenvalue weighted by Gasteiger charge is 1.87. The Bertz CT molecular complexity index is 126. The van der Waals surface area contributed by atoms with Gasteiger partial charge >= 0.3 is 0 Å². The van der Waals surface area contributed by atoms with Gasteiger partial charge in [0, 0.05) is 12.5 Å². The van der Waals surface area contributed by atoms with Crippen molar-refractivity contribution in [3.8, 4) is 0 Å². The molecule has 0 radical (unpaired) electrons. The summed E-state index contributed by atoms with van der Waals surface area (Å²) in [5.41, 5.74) is 0. The maximum atomic E-state index is 5.51. The second-order valence-electron chi connectivity index (χ2n) is 3.03. The number of unbranched alkanes of at least 4 members (excludes halogenated alkanes) is 1. The first-order valence-corrected chi connectivity index (χ1v) is 5.81. The fourth-order valence-corrected chi connectivity index (χ4v) is 0.999. The SMILES string of the molecule is CCCCOCOCC/C=C\CCCl. The van der Waals surface area contributed by atoms with Crippen molar-refractivity contribution in [3.63, 3.8) is 0 Å². The van der Waals surface area contributed by atoms with E-state index in [-0.39, 0.29) is 0 Å². The van der Waals surface area contributed by atoms with Crippen molar-refractivity contribution in [1.29, 1.82) is 0 Å². The summed E-state index contributed by atoms with van der Waals surface area (Å²) in [6.07, 6.45) is 8.32. The number of halogens is 1. The number of alkyl halides is 1. The molecule has 3 heteroatoms. The lowest BCUT2D eigenvalue weighted by Gasteiger charge is -2.03. The lowest BCUT2D eigenvalue weighted by atomic mass is 10.3. The van der Waals surface area contributed by atoms with Crippen molar-refractivity contribution in [3.05, 3.63) is 12.2 Å². The van der Waals surface area contributed by atoms with E-state index in [9.17, 15) is 0 Å². The molecule has 0 amide bonds. The van der Waals surface area contributed by atoms with Gasteiger partial charge < -0.3 is 9.47 Å². The van der Waals surface area contributed by atoms with Crippen molar-refractivity contribution >= 4 is 11.6 Å². The Morgan fingerprint density at radius 3 is 2.50 bits per heavy atom. The Labute approximate surface area is 92.2 Å². The molecular weight excluding hydrogens is 200 g/mol. The number of hydrogen-bond acceptors (Lipinski definition) is 2. The molecule has 0 N–H and O–H groups in total. The minimum Gasteiger partial charge on any atom is -0.355 e. The van der Waals surface area contributed by atoms with Crippen LogP contribution in [0.2, 0.25) is 0 Å². The Morgan fingerprint density at radius 2 is 1.79 bits per heavy atom. The van der Waals surface area contributed by atoms with Gasteiger partial charge in [-0.1, -0.05) is 25.5 Å². The summed E-state index contributed by atoms with van der Waals surface area (Å²) in [5, 5.41) is 0. The van der Waals surface area contributed by atoms with E-state index in [2.05, 4.69) is 19.1 Å². The normalized spacial score (nSPS) is 11.3. The first-order valence-electron chi connectivity index (χ1n) is 5.28. The van der Waals surface area contributed by atoms with E-state index in [0.717, 1.165) is 32.5 Å². The molecule has 0 saturated heterocycles. The molecule has 2 nitrogen and oxygen atoms in total. The summed E-state index contributed by atoms with van der Waals surface area (Å²) in [6, 6.07) is 0. The summed E-state index contributed by atoms with van der Waals surface area (Å²) in [4.78, 5) is 0. The molecule has 0 aliphatic heterocycles. The lowest BCUT2D eigenvalue weighted by molar-refractivity contribution is -0.0528. The average molecular weight is 221 g/mol. The standard InChI is InChI=1S/C11H21ClO2/c1-2-3-9-13-11-14-10-7-5-4-6-8-12/h4-5H,2-3,6-11H2,1H3/b5-4-. The van der Waals surface area contributed by atoms with E-state index in [4.69, 9.17) is 21.1 Å². The van der Waals surface area contributed by atoms with Crippen molar-refractivity contribution in [2.45, 2.75) is 32.6 Å². The topological polar surface area (TPSA) is 18.5 Å². The van der Waals surface area contributed by atoms with Gasteiger partial charge in [-0.25, -0.2) is 0 Å². The van der Waals surface area contributed by atoms with E-state index in [1.54, 1.807) is 0 Å². The first kappa shape index (κ1) is 13.9. The van der Waals surface area contributed by atoms with Gasteiger partial charge in [0.05, 0.1) is 6.61 Å². The molecule has 0 unspecified atom stereocenters. The van der Waals surface area contributed by atoms with Crippen molar-refractivity contribution in [2.24, 2.45) is 0 Å². The maximum absolute atomic E-state index is 5.51. The number of allylic oxidation sites excluding steroid dienone is 1. The van der Waals surface area contributed by atoms with E-state index in [0.29, 0.717) is 12.7 Å². The highest BCUT2D eigenvalue weighted by Crippen LogP contribution is 1.92. The predicted octanol–water partition coefficient (Wildman–Crippen LogP) is 3.35. The zero-order chi connectivity index (χ0) is 10.5. The lowest BCUT2D eigenvalue weighted by Crippen LogP contribution is -2.02. The third-order valence-corrected chi connectivity index (χ3v) is 1.90. The summed E-state index contributed by atoms with van der Waals surface area (Å²) in [5.74, 6) is 0.692. The van der Waals surface area contributed by atoms with Gasteiger partial charge in [0.15, 0.2) is 0 Å². The van der Waals surface area contributed by atoms with Crippen LogP contribution in [0.1, 0.15) is 32.6 Å². The van der Waals surface area contributed by atoms with Gasteiger partial charge in [0.1, 0.15) is 6.79 Å². The second kappa shape index (κ2) is 12.9. The predicted molar refractivity (Wildman–Crippen MR) is 60.8 cm³/mol. The molecule has 0 aliphatic carbocycles. The zero-order valence-corrected chi connectivity index (χ0v) is 9.76. The Morgan fingerprint density at radius 1 is 1.07 bits per heavy atom. The van der Waals surface area contributed by atoms with Crippen LogP contribution in [0.5, 0.6) is 0 Å². The average Bonchev–Trinajstić information content (AvgIpc) is 2.21. The molecule has 0 fully saturated rings. The number of rotatable bonds is 10. The van der Waals surface area contributed by atoms with Crippen LogP contribution in [0.3, 0.4) is 0 Å². The molecule has 0 heterocycles. The van der Waals surface area contributed by atoms with Gasteiger partial charge in [-0.2, -0.15) is 0 Å². The third-order valence-electron chi connectivity index (χ3n) is 1.68. The molecule has 0 saturated carbocycles.